The molecule has 6 nitrogen and oxygen atoms in total. The highest BCUT2D eigenvalue weighted by Gasteiger charge is 2.27. The van der Waals surface area contributed by atoms with E-state index in [-0.39, 0.29) is 12.1 Å². The van der Waals surface area contributed by atoms with Gasteiger partial charge in [0.25, 0.3) is 0 Å². The number of rotatable bonds is 6. The predicted molar refractivity (Wildman–Crippen MR) is 99.3 cm³/mol. The smallest absolute Gasteiger partial charge is 0.339 e. The van der Waals surface area contributed by atoms with Gasteiger partial charge in [-0.05, 0) is 44.0 Å². The molecule has 1 aromatic heterocycles. The van der Waals surface area contributed by atoms with Gasteiger partial charge in [-0.3, -0.25) is 9.59 Å². The summed E-state index contributed by atoms with van der Waals surface area (Å²) in [4.78, 5) is 39.4. The van der Waals surface area contributed by atoms with Crippen molar-refractivity contribution in [1.82, 2.24) is 4.98 Å². The number of carbonyl (C=O) groups excluding carboxylic acids is 3. The van der Waals surface area contributed by atoms with E-state index in [1.165, 1.54) is 14.0 Å². The van der Waals surface area contributed by atoms with E-state index < -0.39 is 23.8 Å². The van der Waals surface area contributed by atoms with E-state index in [1.807, 2.05) is 12.1 Å². The van der Waals surface area contributed by atoms with Crippen molar-refractivity contribution in [2.24, 2.45) is 0 Å². The van der Waals surface area contributed by atoms with E-state index in [0.29, 0.717) is 16.8 Å². The SMILES string of the molecule is COC(=O)c1c(C)[nH]c(C(=O)C(C)OC(=O)Cc2ccc(Br)cc2)c1C. The molecule has 0 spiro atoms. The fourth-order valence-electron chi connectivity index (χ4n) is 2.67. The number of Topliss-reactive ketones (excluding diaryl/α,β-unsaturated/α-hetero) is 1. The number of ketones is 1. The van der Waals surface area contributed by atoms with Gasteiger partial charge in [0.15, 0.2) is 6.10 Å². The van der Waals surface area contributed by atoms with Crippen molar-refractivity contribution in [2.75, 3.05) is 7.11 Å². The minimum atomic E-state index is -0.972. The van der Waals surface area contributed by atoms with Gasteiger partial charge >= 0.3 is 11.9 Å². The summed E-state index contributed by atoms with van der Waals surface area (Å²) in [5.74, 6) is -1.41. The van der Waals surface area contributed by atoms with Gasteiger partial charge in [0.05, 0.1) is 24.8 Å². The number of aromatic nitrogens is 1. The zero-order valence-electron chi connectivity index (χ0n) is 15.0. The average Bonchev–Trinajstić information content (AvgIpc) is 2.90. The molecule has 1 N–H and O–H groups in total. The molecule has 26 heavy (non-hydrogen) atoms. The van der Waals surface area contributed by atoms with Crippen molar-refractivity contribution in [3.63, 3.8) is 0 Å². The Hall–Kier alpha value is -2.41. The fraction of sp³-hybridized carbons (Fsp3) is 0.316. The summed E-state index contributed by atoms with van der Waals surface area (Å²) in [6.07, 6.45) is -0.902. The quantitative estimate of drug-likeness (QED) is 0.569. The number of halogens is 1. The third-order valence-electron chi connectivity index (χ3n) is 4.01. The van der Waals surface area contributed by atoms with Gasteiger partial charge in [0, 0.05) is 10.2 Å². The lowest BCUT2D eigenvalue weighted by Gasteiger charge is -2.12. The van der Waals surface area contributed by atoms with Crippen LogP contribution in [0.5, 0.6) is 0 Å². The highest BCUT2D eigenvalue weighted by Crippen LogP contribution is 2.21. The largest absolute Gasteiger partial charge is 0.465 e. The van der Waals surface area contributed by atoms with Gasteiger partial charge in [-0.1, -0.05) is 28.1 Å². The number of aryl methyl sites for hydroxylation is 1. The van der Waals surface area contributed by atoms with Crippen molar-refractivity contribution < 1.29 is 23.9 Å². The van der Waals surface area contributed by atoms with E-state index >= 15 is 0 Å². The van der Waals surface area contributed by atoms with Crippen LogP contribution in [0.4, 0.5) is 0 Å². The van der Waals surface area contributed by atoms with Gasteiger partial charge in [-0.2, -0.15) is 0 Å². The first-order valence-electron chi connectivity index (χ1n) is 8.00. The Kier molecular flexibility index (Phi) is 6.37. The van der Waals surface area contributed by atoms with Crippen LogP contribution in [0, 0.1) is 13.8 Å². The van der Waals surface area contributed by atoms with Crippen molar-refractivity contribution in [1.29, 1.82) is 0 Å². The highest BCUT2D eigenvalue weighted by molar-refractivity contribution is 9.10. The second-order valence-electron chi connectivity index (χ2n) is 5.92. The summed E-state index contributed by atoms with van der Waals surface area (Å²) < 4.78 is 10.9. The maximum Gasteiger partial charge on any atom is 0.339 e. The predicted octanol–water partition coefficient (Wildman–Crippen LogP) is 3.54. The number of aromatic amines is 1. The Bertz CT molecular complexity index is 838. The first kappa shape index (κ1) is 19.9. The van der Waals surface area contributed by atoms with E-state index in [2.05, 4.69) is 20.9 Å². The van der Waals surface area contributed by atoms with E-state index in [9.17, 15) is 14.4 Å². The Balaban J connectivity index is 2.08. The summed E-state index contributed by atoms with van der Waals surface area (Å²) in [5, 5.41) is 0. The van der Waals surface area contributed by atoms with E-state index in [4.69, 9.17) is 9.47 Å². The van der Waals surface area contributed by atoms with Crippen LogP contribution in [0.1, 0.15) is 44.6 Å². The number of hydrogen-bond donors (Lipinski definition) is 1. The zero-order chi connectivity index (χ0) is 19.4. The molecule has 0 saturated heterocycles. The summed E-state index contributed by atoms with van der Waals surface area (Å²) in [6, 6.07) is 7.27. The summed E-state index contributed by atoms with van der Waals surface area (Å²) in [5.41, 5.74) is 2.37. The van der Waals surface area contributed by atoms with Crippen molar-refractivity contribution >= 4 is 33.7 Å². The first-order chi connectivity index (χ1) is 12.2. The monoisotopic (exact) mass is 421 g/mol. The van der Waals surface area contributed by atoms with Gasteiger partial charge in [0.1, 0.15) is 0 Å². The van der Waals surface area contributed by atoms with Gasteiger partial charge in [-0.25, -0.2) is 4.79 Å². The average molecular weight is 422 g/mol. The third-order valence-corrected chi connectivity index (χ3v) is 4.54. The van der Waals surface area contributed by atoms with Crippen molar-refractivity contribution in [2.45, 2.75) is 33.3 Å². The van der Waals surface area contributed by atoms with Crippen LogP contribution in [0.15, 0.2) is 28.7 Å². The molecule has 1 atom stereocenters. The minimum absolute atomic E-state index is 0.0705. The molecule has 2 rings (SSSR count). The number of H-pyrrole nitrogens is 1. The lowest BCUT2D eigenvalue weighted by Crippen LogP contribution is -2.26. The van der Waals surface area contributed by atoms with Crippen LogP contribution >= 0.6 is 15.9 Å². The Morgan fingerprint density at radius 1 is 1.15 bits per heavy atom. The van der Waals surface area contributed by atoms with Crippen LogP contribution in [0.25, 0.3) is 0 Å². The normalized spacial score (nSPS) is 11.7. The highest BCUT2D eigenvalue weighted by atomic mass is 79.9. The molecule has 138 valence electrons. The molecule has 0 aliphatic carbocycles. The maximum atomic E-state index is 12.6. The summed E-state index contributed by atoms with van der Waals surface area (Å²) in [6.45, 7) is 4.84. The second kappa shape index (κ2) is 8.31. The molecule has 1 aromatic carbocycles. The molecule has 0 amide bonds. The van der Waals surface area contributed by atoms with Crippen LogP contribution in [-0.2, 0) is 20.7 Å². The number of methoxy groups -OCH3 is 1. The maximum absolute atomic E-state index is 12.6. The van der Waals surface area contributed by atoms with Crippen LogP contribution in [0.2, 0.25) is 0 Å². The van der Waals surface area contributed by atoms with Gasteiger partial charge in [0.2, 0.25) is 5.78 Å². The molecule has 1 heterocycles. The number of benzene rings is 1. The first-order valence-corrected chi connectivity index (χ1v) is 8.79. The molecule has 2 aromatic rings. The molecular weight excluding hydrogens is 402 g/mol. The number of esters is 2. The molecule has 0 radical (unpaired) electrons. The van der Waals surface area contributed by atoms with E-state index in [1.54, 1.807) is 26.0 Å². The fourth-order valence-corrected chi connectivity index (χ4v) is 2.93. The molecule has 0 aliphatic rings. The molecule has 0 aliphatic heterocycles. The lowest BCUT2D eigenvalue weighted by molar-refractivity contribution is -0.145. The third kappa shape index (κ3) is 4.40. The topological polar surface area (TPSA) is 85.5 Å². The van der Waals surface area contributed by atoms with Crippen molar-refractivity contribution in [3.05, 3.63) is 56.8 Å². The Morgan fingerprint density at radius 3 is 2.35 bits per heavy atom. The van der Waals surface area contributed by atoms with Crippen LogP contribution < -0.4 is 0 Å². The zero-order valence-corrected chi connectivity index (χ0v) is 16.6. The number of carbonyl (C=O) groups is 3. The lowest BCUT2D eigenvalue weighted by atomic mass is 10.1. The number of ether oxygens (including phenoxy) is 2. The number of hydrogen-bond acceptors (Lipinski definition) is 5. The van der Waals surface area contributed by atoms with E-state index in [0.717, 1.165) is 10.0 Å². The van der Waals surface area contributed by atoms with Gasteiger partial charge < -0.3 is 14.5 Å². The Morgan fingerprint density at radius 2 is 1.77 bits per heavy atom. The molecule has 1 unspecified atom stereocenters. The minimum Gasteiger partial charge on any atom is -0.465 e. The number of nitrogens with one attached hydrogen (secondary N) is 1. The van der Waals surface area contributed by atoms with Gasteiger partial charge in [-0.15, -0.1) is 0 Å². The molecular formula is C19H20BrNO5. The standard InChI is InChI=1S/C19H20BrNO5/c1-10-16(19(24)25-4)11(2)21-17(10)18(23)12(3)26-15(22)9-13-5-7-14(20)8-6-13/h5-8,12,21H,9H2,1-4H3. The Labute approximate surface area is 160 Å². The summed E-state index contributed by atoms with van der Waals surface area (Å²) in [7, 11) is 1.28. The molecule has 0 saturated carbocycles. The molecule has 0 fully saturated rings. The molecule has 0 bridgehead atoms. The van der Waals surface area contributed by atoms with Crippen LogP contribution in [-0.4, -0.2) is 35.9 Å². The molecule has 7 heteroatoms. The summed E-state index contributed by atoms with van der Waals surface area (Å²) >= 11 is 3.33. The van der Waals surface area contributed by atoms with Crippen molar-refractivity contribution in [3.8, 4) is 0 Å². The second-order valence-corrected chi connectivity index (χ2v) is 6.83. The van der Waals surface area contributed by atoms with Crippen LogP contribution in [0.3, 0.4) is 0 Å².